The lowest BCUT2D eigenvalue weighted by atomic mass is 9.99. The van der Waals surface area contributed by atoms with Crippen molar-refractivity contribution in [2.75, 3.05) is 5.32 Å². The average molecular weight is 403 g/mol. The molecule has 1 aromatic carbocycles. The second-order valence-corrected chi connectivity index (χ2v) is 7.24. The number of hydrogen-bond donors (Lipinski definition) is 2. The molecule has 4 nitrogen and oxygen atoms in total. The number of amides is 1. The van der Waals surface area contributed by atoms with E-state index in [2.05, 4.69) is 26.2 Å². The summed E-state index contributed by atoms with van der Waals surface area (Å²) in [4.78, 5) is 17.8. The number of nitrogens with two attached hydrogens (primary N) is 1. The van der Waals surface area contributed by atoms with Crippen molar-refractivity contribution in [3.05, 3.63) is 44.9 Å². The predicted octanol–water partition coefficient (Wildman–Crippen LogP) is 3.32. The predicted molar refractivity (Wildman–Crippen MR) is 95.8 cm³/mol. The summed E-state index contributed by atoms with van der Waals surface area (Å²) in [5.74, 6) is -0.0345. The number of nitrogens with one attached hydrogen (secondary N) is 1. The number of carbonyl (C=O) groups excluding carboxylic acids is 1. The molecule has 0 unspecified atom stereocenters. The summed E-state index contributed by atoms with van der Waals surface area (Å²) in [6.45, 7) is 0. The second kappa shape index (κ2) is 7.55. The van der Waals surface area contributed by atoms with E-state index < -0.39 is 0 Å². The van der Waals surface area contributed by atoms with Crippen LogP contribution in [0.1, 0.15) is 22.6 Å². The highest BCUT2D eigenvalue weighted by Gasteiger charge is 2.20. The Morgan fingerprint density at radius 2 is 2.14 bits per heavy atom. The second-order valence-electron chi connectivity index (χ2n) is 5.24. The zero-order chi connectivity index (χ0) is 14.8. The molecular weight excluding hydrogens is 386 g/mol. The van der Waals surface area contributed by atoms with Crippen molar-refractivity contribution < 1.29 is 4.79 Å². The lowest BCUT2D eigenvalue weighted by Gasteiger charge is -2.15. The molecule has 1 amide bonds. The quantitative estimate of drug-likeness (QED) is 0.827. The van der Waals surface area contributed by atoms with Gasteiger partial charge in [0.15, 0.2) is 5.13 Å². The lowest BCUT2D eigenvalue weighted by Crippen LogP contribution is -2.27. The van der Waals surface area contributed by atoms with Gasteiger partial charge in [-0.15, -0.1) is 23.7 Å². The molecular formula is C15H17BrClN3OS. The SMILES string of the molecule is Cl.N[C@H]1CCc2nc(NC(=O)Cc3ccc(Br)cc3)sc2C1. The molecule has 1 aromatic heterocycles. The van der Waals surface area contributed by atoms with Crippen LogP contribution >= 0.6 is 39.7 Å². The van der Waals surface area contributed by atoms with Crippen LogP contribution in [-0.2, 0) is 24.1 Å². The highest BCUT2D eigenvalue weighted by molar-refractivity contribution is 9.10. The molecule has 7 heteroatoms. The molecule has 1 heterocycles. The van der Waals surface area contributed by atoms with Gasteiger partial charge in [0.25, 0.3) is 0 Å². The molecule has 1 atom stereocenters. The van der Waals surface area contributed by atoms with Gasteiger partial charge in [-0.2, -0.15) is 0 Å². The minimum absolute atomic E-state index is 0. The van der Waals surface area contributed by atoms with Crippen molar-refractivity contribution in [2.45, 2.75) is 31.7 Å². The van der Waals surface area contributed by atoms with Crippen LogP contribution in [0.25, 0.3) is 0 Å². The van der Waals surface area contributed by atoms with Gasteiger partial charge in [0.2, 0.25) is 5.91 Å². The summed E-state index contributed by atoms with van der Waals surface area (Å²) in [7, 11) is 0. The van der Waals surface area contributed by atoms with Gasteiger partial charge in [0.05, 0.1) is 12.1 Å². The highest BCUT2D eigenvalue weighted by Crippen LogP contribution is 2.29. The topological polar surface area (TPSA) is 68.0 Å². The molecule has 0 fully saturated rings. The van der Waals surface area contributed by atoms with Crippen molar-refractivity contribution >= 4 is 50.7 Å². The number of halogens is 2. The Labute approximate surface area is 148 Å². The molecule has 0 spiro atoms. The van der Waals surface area contributed by atoms with Gasteiger partial charge in [0, 0.05) is 15.4 Å². The summed E-state index contributed by atoms with van der Waals surface area (Å²) in [5.41, 5.74) is 8.05. The number of aromatic nitrogens is 1. The van der Waals surface area contributed by atoms with E-state index in [0.29, 0.717) is 11.6 Å². The Bertz CT molecular complexity index is 659. The normalized spacial score (nSPS) is 16.5. The van der Waals surface area contributed by atoms with E-state index in [9.17, 15) is 4.79 Å². The van der Waals surface area contributed by atoms with Crippen LogP contribution in [0.4, 0.5) is 5.13 Å². The number of benzene rings is 1. The highest BCUT2D eigenvalue weighted by atomic mass is 79.9. The fraction of sp³-hybridized carbons (Fsp3) is 0.333. The maximum Gasteiger partial charge on any atom is 0.230 e. The van der Waals surface area contributed by atoms with Gasteiger partial charge >= 0.3 is 0 Å². The first kappa shape index (κ1) is 17.4. The largest absolute Gasteiger partial charge is 0.327 e. The molecule has 3 rings (SSSR count). The first-order valence-electron chi connectivity index (χ1n) is 6.88. The molecule has 0 radical (unpaired) electrons. The summed E-state index contributed by atoms with van der Waals surface area (Å²) in [6.07, 6.45) is 3.12. The van der Waals surface area contributed by atoms with Crippen molar-refractivity contribution in [2.24, 2.45) is 5.73 Å². The maximum absolute atomic E-state index is 12.1. The number of anilines is 1. The summed E-state index contributed by atoms with van der Waals surface area (Å²) < 4.78 is 1.01. The number of hydrogen-bond acceptors (Lipinski definition) is 4. The molecule has 0 aliphatic heterocycles. The summed E-state index contributed by atoms with van der Waals surface area (Å²) in [6, 6.07) is 7.98. The van der Waals surface area contributed by atoms with Gasteiger partial charge < -0.3 is 11.1 Å². The molecule has 0 saturated carbocycles. The van der Waals surface area contributed by atoms with Gasteiger partial charge in [-0.3, -0.25) is 4.79 Å². The number of fused-ring (bicyclic) bond motifs is 1. The zero-order valence-corrected chi connectivity index (χ0v) is 15.1. The van der Waals surface area contributed by atoms with E-state index >= 15 is 0 Å². The van der Waals surface area contributed by atoms with E-state index in [1.54, 1.807) is 11.3 Å². The number of thiazole rings is 1. The van der Waals surface area contributed by atoms with Crippen molar-refractivity contribution in [1.82, 2.24) is 4.98 Å². The Kier molecular flexibility index (Phi) is 5.97. The fourth-order valence-electron chi connectivity index (χ4n) is 2.41. The first-order valence-corrected chi connectivity index (χ1v) is 8.49. The Hall–Kier alpha value is -0.950. The van der Waals surface area contributed by atoms with Crippen molar-refractivity contribution in [3.63, 3.8) is 0 Å². The van der Waals surface area contributed by atoms with E-state index in [0.717, 1.165) is 35.0 Å². The van der Waals surface area contributed by atoms with Crippen molar-refractivity contribution in [3.8, 4) is 0 Å². The summed E-state index contributed by atoms with van der Waals surface area (Å²) >= 11 is 4.93. The van der Waals surface area contributed by atoms with Crippen LogP contribution < -0.4 is 11.1 Å². The first-order chi connectivity index (χ1) is 10.1. The van der Waals surface area contributed by atoms with E-state index in [-0.39, 0.29) is 24.4 Å². The molecule has 1 aliphatic rings. The molecule has 0 saturated heterocycles. The molecule has 3 N–H and O–H groups in total. The van der Waals surface area contributed by atoms with Crippen LogP contribution in [0, 0.1) is 0 Å². The van der Waals surface area contributed by atoms with Gasteiger partial charge in [-0.1, -0.05) is 28.1 Å². The number of aryl methyl sites for hydroxylation is 1. The van der Waals surface area contributed by atoms with Gasteiger partial charge in [-0.05, 0) is 37.0 Å². The average Bonchev–Trinajstić information content (AvgIpc) is 2.82. The zero-order valence-electron chi connectivity index (χ0n) is 11.8. The van der Waals surface area contributed by atoms with E-state index in [1.807, 2.05) is 24.3 Å². The molecule has 118 valence electrons. The standard InChI is InChI=1S/C15H16BrN3OS.ClH/c16-10-3-1-9(2-4-10)7-14(20)19-15-18-12-6-5-11(17)8-13(12)21-15;/h1-4,11H,5-8,17H2,(H,18,19,20);1H/t11-;/m0./s1. The van der Waals surface area contributed by atoms with Crippen LogP contribution in [0.5, 0.6) is 0 Å². The number of carbonyl (C=O) groups is 1. The molecule has 2 aromatic rings. The minimum atomic E-state index is -0.0345. The molecule has 0 bridgehead atoms. The molecule has 22 heavy (non-hydrogen) atoms. The Morgan fingerprint density at radius 3 is 2.86 bits per heavy atom. The van der Waals surface area contributed by atoms with Gasteiger partial charge in [0.1, 0.15) is 0 Å². The monoisotopic (exact) mass is 401 g/mol. The van der Waals surface area contributed by atoms with E-state index in [4.69, 9.17) is 5.73 Å². The van der Waals surface area contributed by atoms with Gasteiger partial charge in [-0.25, -0.2) is 4.98 Å². The third-order valence-corrected chi connectivity index (χ3v) is 5.07. The lowest BCUT2D eigenvalue weighted by molar-refractivity contribution is -0.115. The third-order valence-electron chi connectivity index (χ3n) is 3.50. The van der Waals surface area contributed by atoms with E-state index in [1.165, 1.54) is 4.88 Å². The fourth-order valence-corrected chi connectivity index (χ4v) is 3.79. The third kappa shape index (κ3) is 4.29. The Morgan fingerprint density at radius 1 is 1.41 bits per heavy atom. The van der Waals surface area contributed by atoms with Crippen LogP contribution in [0.15, 0.2) is 28.7 Å². The van der Waals surface area contributed by atoms with Crippen LogP contribution in [-0.4, -0.2) is 16.9 Å². The maximum atomic E-state index is 12.1. The van der Waals surface area contributed by atoms with Crippen molar-refractivity contribution in [1.29, 1.82) is 0 Å². The number of rotatable bonds is 3. The number of nitrogens with zero attached hydrogens (tertiary/aromatic N) is 1. The smallest absolute Gasteiger partial charge is 0.230 e. The van der Waals surface area contributed by atoms with Crippen LogP contribution in [0.3, 0.4) is 0 Å². The Balaban J connectivity index is 0.00000176. The van der Waals surface area contributed by atoms with Crippen LogP contribution in [0.2, 0.25) is 0 Å². The minimum Gasteiger partial charge on any atom is -0.327 e. The molecule has 1 aliphatic carbocycles. The summed E-state index contributed by atoms with van der Waals surface area (Å²) in [5, 5.41) is 3.58.